The van der Waals surface area contributed by atoms with E-state index in [2.05, 4.69) is 14.8 Å². The highest BCUT2D eigenvalue weighted by Gasteiger charge is 2.18. The zero-order valence-electron chi connectivity index (χ0n) is 15.1. The lowest BCUT2D eigenvalue weighted by Crippen LogP contribution is -2.25. The summed E-state index contributed by atoms with van der Waals surface area (Å²) in [7, 11) is 1.56. The molecule has 1 aromatic carbocycles. The van der Waals surface area contributed by atoms with Crippen molar-refractivity contribution < 1.29 is 38.6 Å². The number of carbonyl (C=O) groups excluding carboxylic acids is 2. The van der Waals surface area contributed by atoms with Crippen LogP contribution in [0, 0.1) is 0 Å². The second-order valence-electron chi connectivity index (χ2n) is 6.03. The predicted octanol–water partition coefficient (Wildman–Crippen LogP) is 3.45. The molecule has 0 N–H and O–H groups in total. The van der Waals surface area contributed by atoms with Crippen LogP contribution in [0.2, 0.25) is 0 Å². The number of ether oxygens (including phenoxy) is 3. The fourth-order valence-electron chi connectivity index (χ4n) is 1.57. The minimum Gasteiger partial charge on any atom is -0.491 e. The van der Waals surface area contributed by atoms with Crippen molar-refractivity contribution in [1.29, 1.82) is 0 Å². The molecule has 8 heteroatoms. The van der Waals surface area contributed by atoms with Crippen molar-refractivity contribution in [3.63, 3.8) is 0 Å². The molecule has 0 atom stereocenters. The SMILES string of the molecule is COC(C)(C)CCOC(=O)OOOC(=O)c1ccc(OC(C)C)cc1. The molecule has 25 heavy (non-hydrogen) atoms. The number of hydrogen-bond acceptors (Lipinski definition) is 8. The number of carbonyl (C=O) groups is 2. The summed E-state index contributed by atoms with van der Waals surface area (Å²) in [6, 6.07) is 6.22. The first-order chi connectivity index (χ1) is 11.7. The van der Waals surface area contributed by atoms with E-state index in [1.165, 1.54) is 12.1 Å². The highest BCUT2D eigenvalue weighted by Crippen LogP contribution is 2.15. The van der Waals surface area contributed by atoms with E-state index in [1.807, 2.05) is 27.7 Å². The van der Waals surface area contributed by atoms with E-state index in [0.29, 0.717) is 12.2 Å². The van der Waals surface area contributed by atoms with E-state index in [1.54, 1.807) is 19.2 Å². The molecule has 1 aromatic rings. The minimum atomic E-state index is -1.12. The Morgan fingerprint density at radius 2 is 1.72 bits per heavy atom. The summed E-state index contributed by atoms with van der Waals surface area (Å²) in [5.41, 5.74) is -0.228. The van der Waals surface area contributed by atoms with Crippen molar-refractivity contribution in [2.75, 3.05) is 13.7 Å². The Bertz CT molecular complexity index is 550. The Labute approximate surface area is 146 Å². The van der Waals surface area contributed by atoms with Crippen LogP contribution in [0.1, 0.15) is 44.5 Å². The summed E-state index contributed by atoms with van der Waals surface area (Å²) in [6.45, 7) is 7.54. The van der Waals surface area contributed by atoms with E-state index in [-0.39, 0.29) is 18.3 Å². The zero-order chi connectivity index (χ0) is 18.9. The molecule has 0 amide bonds. The summed E-state index contributed by atoms with van der Waals surface area (Å²) in [5.74, 6) is -0.212. The Hall–Kier alpha value is -2.32. The van der Waals surface area contributed by atoms with Crippen LogP contribution in [0.5, 0.6) is 5.75 Å². The second kappa shape index (κ2) is 9.85. The lowest BCUT2D eigenvalue weighted by Gasteiger charge is -2.21. The smallest absolute Gasteiger partial charge is 0.491 e. The summed E-state index contributed by atoms with van der Waals surface area (Å²) in [6.07, 6.45) is -0.640. The Morgan fingerprint density at radius 1 is 1.08 bits per heavy atom. The van der Waals surface area contributed by atoms with Gasteiger partial charge in [-0.05, 0) is 52.0 Å². The molecule has 140 valence electrons. The highest BCUT2D eigenvalue weighted by molar-refractivity contribution is 5.89. The van der Waals surface area contributed by atoms with E-state index < -0.39 is 17.7 Å². The molecular formula is C17H24O8. The van der Waals surface area contributed by atoms with Crippen LogP contribution in [0.4, 0.5) is 4.79 Å². The number of methoxy groups -OCH3 is 1. The molecule has 0 aliphatic carbocycles. The van der Waals surface area contributed by atoms with Crippen LogP contribution in [-0.2, 0) is 24.3 Å². The standard InChI is InChI=1S/C17H24O8/c1-12(2)22-14-8-6-13(7-9-14)15(18)23-25-24-16(19)21-11-10-17(3,4)20-5/h6-9,12H,10-11H2,1-5H3. The van der Waals surface area contributed by atoms with E-state index in [9.17, 15) is 9.59 Å². The van der Waals surface area contributed by atoms with Crippen molar-refractivity contribution >= 4 is 12.1 Å². The van der Waals surface area contributed by atoms with Gasteiger partial charge in [0.1, 0.15) is 5.75 Å². The Kier molecular flexibility index (Phi) is 8.17. The van der Waals surface area contributed by atoms with E-state index >= 15 is 0 Å². The van der Waals surface area contributed by atoms with Gasteiger partial charge in [-0.25, -0.2) is 14.5 Å². The third-order valence-electron chi connectivity index (χ3n) is 3.15. The van der Waals surface area contributed by atoms with Crippen LogP contribution in [0.25, 0.3) is 0 Å². The summed E-state index contributed by atoms with van der Waals surface area (Å²) in [5, 5.41) is 4.13. The maximum Gasteiger partial charge on any atom is 0.543 e. The quantitative estimate of drug-likeness (QED) is 0.378. The average molecular weight is 356 g/mol. The lowest BCUT2D eigenvalue weighted by molar-refractivity contribution is -0.452. The molecule has 1 rings (SSSR count). The maximum atomic E-state index is 11.7. The molecular weight excluding hydrogens is 332 g/mol. The first kappa shape index (κ1) is 20.7. The Morgan fingerprint density at radius 3 is 2.28 bits per heavy atom. The van der Waals surface area contributed by atoms with Gasteiger partial charge in [0.2, 0.25) is 0 Å². The van der Waals surface area contributed by atoms with Gasteiger partial charge in [0.05, 0.1) is 28.9 Å². The van der Waals surface area contributed by atoms with E-state index in [4.69, 9.17) is 14.2 Å². The van der Waals surface area contributed by atoms with Crippen LogP contribution in [-0.4, -0.2) is 37.5 Å². The van der Waals surface area contributed by atoms with E-state index in [0.717, 1.165) is 0 Å². The van der Waals surface area contributed by atoms with Gasteiger partial charge in [-0.15, -0.1) is 0 Å². The fraction of sp³-hybridized carbons (Fsp3) is 0.529. The topological polar surface area (TPSA) is 89.5 Å². The number of hydrogen-bond donors (Lipinski definition) is 0. The molecule has 0 heterocycles. The van der Waals surface area contributed by atoms with Crippen LogP contribution >= 0.6 is 0 Å². The summed E-state index contributed by atoms with van der Waals surface area (Å²) in [4.78, 5) is 31.5. The van der Waals surface area contributed by atoms with Crippen molar-refractivity contribution in [2.45, 2.75) is 45.8 Å². The molecule has 0 unspecified atom stereocenters. The van der Waals surface area contributed by atoms with Gasteiger partial charge in [0.15, 0.2) is 0 Å². The predicted molar refractivity (Wildman–Crippen MR) is 86.8 cm³/mol. The van der Waals surface area contributed by atoms with Gasteiger partial charge in [-0.2, -0.15) is 0 Å². The second-order valence-corrected chi connectivity index (χ2v) is 6.03. The average Bonchev–Trinajstić information content (AvgIpc) is 2.54. The number of benzene rings is 1. The van der Waals surface area contributed by atoms with Crippen molar-refractivity contribution in [3.8, 4) is 5.75 Å². The lowest BCUT2D eigenvalue weighted by atomic mass is 10.1. The van der Waals surface area contributed by atoms with Crippen molar-refractivity contribution in [3.05, 3.63) is 29.8 Å². The molecule has 0 saturated carbocycles. The molecule has 0 aromatic heterocycles. The van der Waals surface area contributed by atoms with Gasteiger partial charge in [-0.3, -0.25) is 4.89 Å². The first-order valence-electron chi connectivity index (χ1n) is 7.77. The van der Waals surface area contributed by atoms with Crippen LogP contribution < -0.4 is 4.74 Å². The van der Waals surface area contributed by atoms with Crippen LogP contribution in [0.15, 0.2) is 24.3 Å². The van der Waals surface area contributed by atoms with Gasteiger partial charge in [-0.1, -0.05) is 0 Å². The first-order valence-corrected chi connectivity index (χ1v) is 7.77. The minimum absolute atomic E-state index is 0.0232. The van der Waals surface area contributed by atoms with Crippen molar-refractivity contribution in [1.82, 2.24) is 0 Å². The van der Waals surface area contributed by atoms with Gasteiger partial charge in [0, 0.05) is 13.5 Å². The molecule has 0 bridgehead atoms. The molecule has 0 saturated heterocycles. The zero-order valence-corrected chi connectivity index (χ0v) is 15.1. The largest absolute Gasteiger partial charge is 0.543 e. The summed E-state index contributed by atoms with van der Waals surface area (Å²) >= 11 is 0. The number of rotatable bonds is 9. The van der Waals surface area contributed by atoms with Gasteiger partial charge in [0.25, 0.3) is 0 Å². The molecule has 0 radical (unpaired) electrons. The highest BCUT2D eigenvalue weighted by atomic mass is 17.5. The molecule has 0 spiro atoms. The molecule has 0 aliphatic rings. The molecule has 0 fully saturated rings. The third kappa shape index (κ3) is 8.37. The van der Waals surface area contributed by atoms with Crippen molar-refractivity contribution in [2.24, 2.45) is 0 Å². The van der Waals surface area contributed by atoms with Gasteiger partial charge < -0.3 is 14.2 Å². The monoisotopic (exact) mass is 356 g/mol. The van der Waals surface area contributed by atoms with Crippen LogP contribution in [0.3, 0.4) is 0 Å². The third-order valence-corrected chi connectivity index (χ3v) is 3.15. The molecule has 8 nitrogen and oxygen atoms in total. The Balaban J connectivity index is 2.28. The fourth-order valence-corrected chi connectivity index (χ4v) is 1.57. The van der Waals surface area contributed by atoms with Gasteiger partial charge >= 0.3 is 12.1 Å². The maximum absolute atomic E-state index is 11.7. The molecule has 0 aliphatic heterocycles. The summed E-state index contributed by atoms with van der Waals surface area (Å²) < 4.78 is 15.4. The normalized spacial score (nSPS) is 11.1.